The van der Waals surface area contributed by atoms with Crippen LogP contribution >= 0.6 is 11.6 Å². The summed E-state index contributed by atoms with van der Waals surface area (Å²) in [7, 11) is -1.63. The van der Waals surface area contributed by atoms with Crippen LogP contribution in [0.1, 0.15) is 31.7 Å². The maximum atomic E-state index is 13.6. The molecule has 2 saturated heterocycles. The molecule has 36 heavy (non-hydrogen) atoms. The molecule has 0 unspecified atom stereocenters. The third kappa shape index (κ3) is 6.40. The van der Waals surface area contributed by atoms with Gasteiger partial charge in [-0.2, -0.15) is 4.31 Å². The van der Waals surface area contributed by atoms with Crippen molar-refractivity contribution in [2.75, 3.05) is 52.9 Å². The number of amides is 1. The molecule has 2 aromatic carbocycles. The Morgan fingerprint density at radius 1 is 1.00 bits per heavy atom. The summed E-state index contributed by atoms with van der Waals surface area (Å²) in [5, 5.41) is 0.617. The molecule has 7 nitrogen and oxygen atoms in total. The fraction of sp³-hybridized carbons (Fsp3) is 0.519. The predicted molar refractivity (Wildman–Crippen MR) is 142 cm³/mol. The number of hydrogen-bond donors (Lipinski definition) is 0. The van der Waals surface area contributed by atoms with Gasteiger partial charge in [-0.25, -0.2) is 8.42 Å². The summed E-state index contributed by atoms with van der Waals surface area (Å²) < 4.78 is 34.8. The minimum atomic E-state index is -3.69. The highest BCUT2D eigenvalue weighted by Gasteiger charge is 2.43. The molecule has 9 heteroatoms. The van der Waals surface area contributed by atoms with Crippen LogP contribution < -0.4 is 4.74 Å². The van der Waals surface area contributed by atoms with E-state index < -0.39 is 15.4 Å². The molecule has 0 N–H and O–H groups in total. The molecule has 2 aliphatic rings. The standard InChI is InChI=1S/C27H36ClN3O4S/c1-3-22-5-11-25(12-6-22)36(33,34)31-14-4-13-27(20-31,21-35-24-9-7-23(28)8-10-24)19-26(32)30-17-15-29(2)16-18-30/h5-12H,3-4,13-21H2,1-2H3/t27-/m1/s1. The Kier molecular flexibility index (Phi) is 8.60. The molecule has 0 bridgehead atoms. The second-order valence-electron chi connectivity index (χ2n) is 10.0. The van der Waals surface area contributed by atoms with Crippen LogP contribution in [0.3, 0.4) is 0 Å². The lowest BCUT2D eigenvalue weighted by Gasteiger charge is -2.43. The first-order valence-corrected chi connectivity index (χ1v) is 14.5. The molecule has 0 saturated carbocycles. The van der Waals surface area contributed by atoms with E-state index in [-0.39, 0.29) is 25.5 Å². The predicted octanol–water partition coefficient (Wildman–Crippen LogP) is 3.92. The smallest absolute Gasteiger partial charge is 0.243 e. The Balaban J connectivity index is 1.56. The first kappa shape index (κ1) is 26.9. The Morgan fingerprint density at radius 3 is 2.31 bits per heavy atom. The summed E-state index contributed by atoms with van der Waals surface area (Å²) in [6.45, 7) is 6.05. The number of rotatable bonds is 8. The molecule has 2 aromatic rings. The maximum Gasteiger partial charge on any atom is 0.243 e. The number of piperidine rings is 1. The summed E-state index contributed by atoms with van der Waals surface area (Å²) in [6, 6.07) is 14.2. The van der Waals surface area contributed by atoms with Gasteiger partial charge in [-0.3, -0.25) is 4.79 Å². The van der Waals surface area contributed by atoms with Gasteiger partial charge in [-0.1, -0.05) is 30.7 Å². The zero-order valence-electron chi connectivity index (χ0n) is 21.2. The van der Waals surface area contributed by atoms with E-state index in [4.69, 9.17) is 16.3 Å². The van der Waals surface area contributed by atoms with Crippen LogP contribution in [0, 0.1) is 5.41 Å². The Hall–Kier alpha value is -2.13. The molecule has 196 valence electrons. The summed E-state index contributed by atoms with van der Waals surface area (Å²) in [5.74, 6) is 0.718. The van der Waals surface area contributed by atoms with E-state index in [9.17, 15) is 13.2 Å². The summed E-state index contributed by atoms with van der Waals surface area (Å²) in [6.07, 6.45) is 2.50. The fourth-order valence-electron chi connectivity index (χ4n) is 4.98. The quantitative estimate of drug-likeness (QED) is 0.514. The van der Waals surface area contributed by atoms with E-state index in [2.05, 4.69) is 11.9 Å². The monoisotopic (exact) mass is 533 g/mol. The lowest BCUT2D eigenvalue weighted by molar-refractivity contribution is -0.136. The van der Waals surface area contributed by atoms with Gasteiger partial charge in [0.2, 0.25) is 15.9 Å². The lowest BCUT2D eigenvalue weighted by Crippen LogP contribution is -2.53. The average molecular weight is 534 g/mol. The second-order valence-corrected chi connectivity index (χ2v) is 12.4. The van der Waals surface area contributed by atoms with Gasteiger partial charge >= 0.3 is 0 Å². The number of likely N-dealkylation sites (N-methyl/N-ethyl adjacent to an activating group) is 1. The van der Waals surface area contributed by atoms with Crippen LogP contribution in [-0.4, -0.2) is 81.4 Å². The van der Waals surface area contributed by atoms with Crippen LogP contribution in [0.2, 0.25) is 5.02 Å². The van der Waals surface area contributed by atoms with Gasteiger partial charge in [0.05, 0.1) is 11.5 Å². The molecular formula is C27H36ClN3O4S. The highest BCUT2D eigenvalue weighted by Crippen LogP contribution is 2.37. The number of carbonyl (C=O) groups is 1. The van der Waals surface area contributed by atoms with Crippen LogP contribution in [0.5, 0.6) is 5.75 Å². The highest BCUT2D eigenvalue weighted by molar-refractivity contribution is 7.89. The van der Waals surface area contributed by atoms with Crippen molar-refractivity contribution < 1.29 is 17.9 Å². The van der Waals surface area contributed by atoms with Gasteiger partial charge in [0.15, 0.2) is 0 Å². The van der Waals surface area contributed by atoms with Crippen molar-refractivity contribution in [1.29, 1.82) is 0 Å². The zero-order valence-corrected chi connectivity index (χ0v) is 22.7. The van der Waals surface area contributed by atoms with E-state index in [1.165, 1.54) is 0 Å². The number of nitrogens with zero attached hydrogens (tertiary/aromatic N) is 3. The van der Waals surface area contributed by atoms with Crippen LogP contribution in [0.25, 0.3) is 0 Å². The summed E-state index contributed by atoms with van der Waals surface area (Å²) in [5.41, 5.74) is 0.477. The van der Waals surface area contributed by atoms with Crippen molar-refractivity contribution in [2.24, 2.45) is 5.41 Å². The van der Waals surface area contributed by atoms with Crippen LogP contribution in [-0.2, 0) is 21.2 Å². The zero-order chi connectivity index (χ0) is 25.8. The van der Waals surface area contributed by atoms with E-state index in [1.807, 2.05) is 24.0 Å². The third-order valence-electron chi connectivity index (χ3n) is 7.34. The van der Waals surface area contributed by atoms with Crippen LogP contribution in [0.4, 0.5) is 0 Å². The van der Waals surface area contributed by atoms with Crippen molar-refractivity contribution in [2.45, 2.75) is 37.5 Å². The molecule has 2 heterocycles. The largest absolute Gasteiger partial charge is 0.493 e. The van der Waals surface area contributed by atoms with Crippen molar-refractivity contribution in [1.82, 2.24) is 14.1 Å². The Morgan fingerprint density at radius 2 is 1.67 bits per heavy atom. The molecule has 4 rings (SSSR count). The third-order valence-corrected chi connectivity index (χ3v) is 9.45. The Labute approximate surface area is 220 Å². The SMILES string of the molecule is CCc1ccc(S(=O)(=O)N2CCC[C@@](COc3ccc(Cl)cc3)(CC(=O)N3CCN(C)CC3)C2)cc1. The normalized spacial score (nSPS) is 21.9. The molecule has 0 radical (unpaired) electrons. The van der Waals surface area contributed by atoms with Crippen molar-refractivity contribution in [3.8, 4) is 5.75 Å². The summed E-state index contributed by atoms with van der Waals surface area (Å²) in [4.78, 5) is 17.8. The summed E-state index contributed by atoms with van der Waals surface area (Å²) >= 11 is 6.02. The van der Waals surface area contributed by atoms with E-state index in [0.29, 0.717) is 41.7 Å². The van der Waals surface area contributed by atoms with E-state index >= 15 is 0 Å². The molecule has 1 amide bonds. The minimum absolute atomic E-state index is 0.0642. The van der Waals surface area contributed by atoms with Crippen molar-refractivity contribution in [3.63, 3.8) is 0 Å². The van der Waals surface area contributed by atoms with E-state index in [0.717, 1.165) is 31.5 Å². The Bertz CT molecular complexity index is 1130. The number of sulfonamides is 1. The van der Waals surface area contributed by atoms with Crippen LogP contribution in [0.15, 0.2) is 53.4 Å². The minimum Gasteiger partial charge on any atom is -0.493 e. The number of aryl methyl sites for hydroxylation is 1. The molecule has 0 aromatic heterocycles. The van der Waals surface area contributed by atoms with E-state index in [1.54, 1.807) is 40.7 Å². The topological polar surface area (TPSA) is 70.2 Å². The number of halogens is 1. The lowest BCUT2D eigenvalue weighted by atomic mass is 9.78. The molecule has 2 fully saturated rings. The van der Waals surface area contributed by atoms with Gasteiger partial charge in [0, 0.05) is 56.1 Å². The fourth-order valence-corrected chi connectivity index (χ4v) is 6.70. The molecule has 0 aliphatic carbocycles. The number of hydrogen-bond acceptors (Lipinski definition) is 5. The molecule has 2 aliphatic heterocycles. The number of ether oxygens (including phenoxy) is 1. The maximum absolute atomic E-state index is 13.6. The van der Waals surface area contributed by atoms with Gasteiger partial charge in [-0.15, -0.1) is 0 Å². The number of carbonyl (C=O) groups excluding carboxylic acids is 1. The van der Waals surface area contributed by atoms with Gasteiger partial charge < -0.3 is 14.5 Å². The number of piperazine rings is 1. The second kappa shape index (κ2) is 11.5. The van der Waals surface area contributed by atoms with Crippen molar-refractivity contribution >= 4 is 27.5 Å². The average Bonchev–Trinajstić information content (AvgIpc) is 2.89. The molecular weight excluding hydrogens is 498 g/mol. The molecule has 0 spiro atoms. The molecule has 1 atom stereocenters. The first-order chi connectivity index (χ1) is 17.2. The van der Waals surface area contributed by atoms with Gasteiger partial charge in [0.25, 0.3) is 0 Å². The number of benzene rings is 2. The highest BCUT2D eigenvalue weighted by atomic mass is 35.5. The van der Waals surface area contributed by atoms with Gasteiger partial charge in [0.1, 0.15) is 5.75 Å². The first-order valence-electron chi connectivity index (χ1n) is 12.6. The van der Waals surface area contributed by atoms with Gasteiger partial charge in [-0.05, 0) is 68.3 Å². The van der Waals surface area contributed by atoms with Crippen molar-refractivity contribution in [3.05, 3.63) is 59.1 Å².